The van der Waals surface area contributed by atoms with Crippen LogP contribution in [-0.2, 0) is 0 Å². The zero-order valence-electron chi connectivity index (χ0n) is 9.70. The molecule has 0 N–H and O–H groups in total. The van der Waals surface area contributed by atoms with E-state index in [9.17, 15) is 0 Å². The van der Waals surface area contributed by atoms with Gasteiger partial charge in [-0.05, 0) is 37.3 Å². The summed E-state index contributed by atoms with van der Waals surface area (Å²) in [5.41, 5.74) is 3.94. The number of benzene rings is 1. The summed E-state index contributed by atoms with van der Waals surface area (Å²) in [5, 5.41) is 0. The van der Waals surface area contributed by atoms with E-state index in [1.807, 2.05) is 11.9 Å². The zero-order valence-corrected chi connectivity index (χ0v) is 10.5. The van der Waals surface area contributed by atoms with Crippen LogP contribution in [0.15, 0.2) is 29.7 Å². The predicted octanol–water partition coefficient (Wildman–Crippen LogP) is 4.23. The highest BCUT2D eigenvalue weighted by atomic mass is 32.2. The van der Waals surface area contributed by atoms with Gasteiger partial charge in [-0.15, -0.1) is 0 Å². The first kappa shape index (κ1) is 10.3. The van der Waals surface area contributed by atoms with E-state index in [0.29, 0.717) is 6.04 Å². The van der Waals surface area contributed by atoms with Crippen molar-refractivity contribution >= 4 is 17.6 Å². The molecule has 2 heteroatoms. The number of aryl methyl sites for hydroxylation is 1. The van der Waals surface area contributed by atoms with Gasteiger partial charge < -0.3 is 4.31 Å². The van der Waals surface area contributed by atoms with Crippen molar-refractivity contribution in [2.24, 2.45) is 0 Å². The minimum Gasteiger partial charge on any atom is -0.309 e. The predicted molar refractivity (Wildman–Crippen MR) is 70.2 cm³/mol. The van der Waals surface area contributed by atoms with Gasteiger partial charge in [-0.1, -0.05) is 37.6 Å². The van der Waals surface area contributed by atoms with Crippen LogP contribution in [0.1, 0.15) is 36.8 Å². The molecule has 0 saturated heterocycles. The Labute approximate surface area is 102 Å². The third kappa shape index (κ3) is 1.47. The van der Waals surface area contributed by atoms with Crippen molar-refractivity contribution in [2.45, 2.75) is 43.5 Å². The Morgan fingerprint density at radius 1 is 1.31 bits per heavy atom. The van der Waals surface area contributed by atoms with E-state index in [2.05, 4.69) is 36.0 Å². The van der Waals surface area contributed by atoms with Gasteiger partial charge in [0.05, 0.1) is 0 Å². The van der Waals surface area contributed by atoms with Gasteiger partial charge in [0.1, 0.15) is 0 Å². The van der Waals surface area contributed by atoms with Crippen molar-refractivity contribution in [2.75, 3.05) is 0 Å². The van der Waals surface area contributed by atoms with Crippen LogP contribution in [0.5, 0.6) is 0 Å². The van der Waals surface area contributed by atoms with E-state index in [1.54, 1.807) is 0 Å². The van der Waals surface area contributed by atoms with E-state index in [4.69, 9.17) is 0 Å². The van der Waals surface area contributed by atoms with Gasteiger partial charge in [-0.3, -0.25) is 0 Å². The molecule has 0 amide bonds. The summed E-state index contributed by atoms with van der Waals surface area (Å²) in [6.45, 7) is 6.46. The highest BCUT2D eigenvalue weighted by Gasteiger charge is 2.31. The molecule has 16 heavy (non-hydrogen) atoms. The Balaban J connectivity index is 1.94. The second-order valence-electron chi connectivity index (χ2n) is 4.75. The number of hydrogen-bond donors (Lipinski definition) is 0. The van der Waals surface area contributed by atoms with Gasteiger partial charge in [0.2, 0.25) is 0 Å². The standard InChI is InChI=1S/C14H17NS/c1-10-6-5-9-13-11(2)15(16-14(10)13)12-7-3-4-8-12/h5-6,9,12H,2-4,7-8H2,1H3. The minimum absolute atomic E-state index is 0.712. The molecule has 1 aliphatic heterocycles. The Morgan fingerprint density at radius 3 is 2.75 bits per heavy atom. The van der Waals surface area contributed by atoms with Crippen LogP contribution in [0, 0.1) is 6.92 Å². The molecule has 2 aliphatic rings. The minimum atomic E-state index is 0.712. The molecule has 0 unspecified atom stereocenters. The molecule has 3 rings (SSSR count). The molecular weight excluding hydrogens is 214 g/mol. The monoisotopic (exact) mass is 231 g/mol. The third-order valence-electron chi connectivity index (χ3n) is 3.63. The van der Waals surface area contributed by atoms with Crippen molar-refractivity contribution in [1.29, 1.82) is 0 Å². The van der Waals surface area contributed by atoms with E-state index < -0.39 is 0 Å². The van der Waals surface area contributed by atoms with E-state index in [0.717, 1.165) is 0 Å². The highest BCUT2D eigenvalue weighted by molar-refractivity contribution is 7.97. The average molecular weight is 231 g/mol. The molecular formula is C14H17NS. The van der Waals surface area contributed by atoms with E-state index >= 15 is 0 Å². The lowest BCUT2D eigenvalue weighted by Gasteiger charge is -2.24. The maximum atomic E-state index is 4.27. The van der Waals surface area contributed by atoms with Gasteiger partial charge >= 0.3 is 0 Å². The Kier molecular flexibility index (Phi) is 2.47. The smallest absolute Gasteiger partial charge is 0.0489 e. The van der Waals surface area contributed by atoms with Crippen LogP contribution >= 0.6 is 11.9 Å². The van der Waals surface area contributed by atoms with Crippen LogP contribution in [0.2, 0.25) is 0 Å². The molecule has 0 radical (unpaired) electrons. The number of rotatable bonds is 1. The Bertz CT molecular complexity index is 432. The maximum absolute atomic E-state index is 4.27. The van der Waals surface area contributed by atoms with Crippen LogP contribution in [0.3, 0.4) is 0 Å². The summed E-state index contributed by atoms with van der Waals surface area (Å²) >= 11 is 1.90. The van der Waals surface area contributed by atoms with Crippen LogP contribution in [0.25, 0.3) is 5.70 Å². The van der Waals surface area contributed by atoms with Crippen molar-refractivity contribution in [3.63, 3.8) is 0 Å². The zero-order chi connectivity index (χ0) is 11.1. The molecule has 0 bridgehead atoms. The quantitative estimate of drug-likeness (QED) is 0.665. The molecule has 0 aromatic heterocycles. The lowest BCUT2D eigenvalue weighted by molar-refractivity contribution is 0.473. The summed E-state index contributed by atoms with van der Waals surface area (Å²) in [6.07, 6.45) is 5.42. The van der Waals surface area contributed by atoms with Gasteiger partial charge in [0.25, 0.3) is 0 Å². The summed E-state index contributed by atoms with van der Waals surface area (Å²) in [7, 11) is 0. The van der Waals surface area contributed by atoms with Crippen molar-refractivity contribution in [3.05, 3.63) is 35.9 Å². The van der Waals surface area contributed by atoms with E-state index in [-0.39, 0.29) is 0 Å². The maximum Gasteiger partial charge on any atom is 0.0489 e. The first-order chi connectivity index (χ1) is 7.77. The van der Waals surface area contributed by atoms with Crippen molar-refractivity contribution in [1.82, 2.24) is 4.31 Å². The molecule has 1 fully saturated rings. The Hall–Kier alpha value is -0.890. The highest BCUT2D eigenvalue weighted by Crippen LogP contribution is 2.48. The topological polar surface area (TPSA) is 3.24 Å². The fourth-order valence-corrected chi connectivity index (χ4v) is 3.97. The molecule has 0 spiro atoms. The first-order valence-corrected chi connectivity index (χ1v) is 6.81. The summed E-state index contributed by atoms with van der Waals surface area (Å²) in [5.74, 6) is 0. The second-order valence-corrected chi connectivity index (χ2v) is 5.74. The first-order valence-electron chi connectivity index (χ1n) is 6.03. The molecule has 1 aromatic rings. The summed E-state index contributed by atoms with van der Waals surface area (Å²) in [6, 6.07) is 7.24. The van der Waals surface area contributed by atoms with Gasteiger partial charge in [0, 0.05) is 22.2 Å². The van der Waals surface area contributed by atoms with Gasteiger partial charge in [-0.2, -0.15) is 0 Å². The van der Waals surface area contributed by atoms with Crippen LogP contribution in [0.4, 0.5) is 0 Å². The van der Waals surface area contributed by atoms with Gasteiger partial charge in [-0.25, -0.2) is 0 Å². The van der Waals surface area contributed by atoms with Crippen LogP contribution in [-0.4, -0.2) is 10.3 Å². The largest absolute Gasteiger partial charge is 0.309 e. The summed E-state index contributed by atoms with van der Waals surface area (Å²) in [4.78, 5) is 1.42. The molecule has 84 valence electrons. The van der Waals surface area contributed by atoms with Crippen molar-refractivity contribution < 1.29 is 0 Å². The number of fused-ring (bicyclic) bond motifs is 1. The summed E-state index contributed by atoms with van der Waals surface area (Å²) < 4.78 is 2.45. The van der Waals surface area contributed by atoms with Crippen molar-refractivity contribution in [3.8, 4) is 0 Å². The average Bonchev–Trinajstić information content (AvgIpc) is 2.88. The molecule has 1 heterocycles. The van der Waals surface area contributed by atoms with Gasteiger partial charge in [0.15, 0.2) is 0 Å². The third-order valence-corrected chi connectivity index (χ3v) is 5.07. The normalized spacial score (nSPS) is 20.6. The number of hydrogen-bond acceptors (Lipinski definition) is 2. The lowest BCUT2D eigenvalue weighted by atomic mass is 10.1. The fraction of sp³-hybridized carbons (Fsp3) is 0.429. The second kappa shape index (κ2) is 3.85. The molecule has 0 atom stereocenters. The fourth-order valence-electron chi connectivity index (χ4n) is 2.71. The Morgan fingerprint density at radius 2 is 2.06 bits per heavy atom. The lowest BCUT2D eigenvalue weighted by Crippen LogP contribution is -2.21. The molecule has 1 saturated carbocycles. The SMILES string of the molecule is C=C1c2cccc(C)c2SN1C1CCCC1. The molecule has 1 aromatic carbocycles. The number of nitrogens with zero attached hydrogens (tertiary/aromatic N) is 1. The van der Waals surface area contributed by atoms with Crippen LogP contribution < -0.4 is 0 Å². The molecule has 1 aliphatic carbocycles. The molecule has 1 nitrogen and oxygen atoms in total. The van der Waals surface area contributed by atoms with E-state index in [1.165, 1.54) is 47.4 Å².